The summed E-state index contributed by atoms with van der Waals surface area (Å²) in [5.74, 6) is 1.35. The summed E-state index contributed by atoms with van der Waals surface area (Å²) in [5.41, 5.74) is 13.1. The summed E-state index contributed by atoms with van der Waals surface area (Å²) in [5, 5.41) is 15.3. The van der Waals surface area contributed by atoms with Crippen molar-refractivity contribution in [1.29, 1.82) is 0 Å². The van der Waals surface area contributed by atoms with Crippen molar-refractivity contribution in [2.24, 2.45) is 0 Å². The van der Waals surface area contributed by atoms with Crippen molar-refractivity contribution in [2.45, 2.75) is 0 Å². The molecule has 0 N–H and O–H groups in total. The molecule has 3 heterocycles. The maximum Gasteiger partial charge on any atom is 0.159 e. The first-order valence-electron chi connectivity index (χ1n) is 25.7. The van der Waals surface area contributed by atoms with Crippen LogP contribution in [-0.2, 0) is 0 Å². The summed E-state index contributed by atoms with van der Waals surface area (Å²) in [6.07, 6.45) is 3.71. The molecule has 0 bridgehead atoms. The highest BCUT2D eigenvalue weighted by atomic mass is 14.9. The Morgan fingerprint density at radius 2 is 0.553 bits per heavy atom. The lowest BCUT2D eigenvalue weighted by Gasteiger charge is -2.16. The Morgan fingerprint density at radius 3 is 1.08 bits per heavy atom. The molecule has 76 heavy (non-hydrogen) atoms. The molecule has 0 spiro atoms. The van der Waals surface area contributed by atoms with Gasteiger partial charge in [-0.05, 0) is 130 Å². The number of aromatic nitrogens is 5. The summed E-state index contributed by atoms with van der Waals surface area (Å²) >= 11 is 0. The van der Waals surface area contributed by atoms with Gasteiger partial charge in [0.25, 0.3) is 0 Å². The molecule has 3 aromatic heterocycles. The average Bonchev–Trinajstić information content (AvgIpc) is 3.59. The van der Waals surface area contributed by atoms with E-state index >= 15 is 0 Å². The zero-order chi connectivity index (χ0) is 50.1. The highest BCUT2D eigenvalue weighted by Crippen LogP contribution is 2.43. The van der Waals surface area contributed by atoms with Gasteiger partial charge in [-0.15, -0.1) is 0 Å². The monoisotopic (exact) mass is 965 g/mol. The summed E-state index contributed by atoms with van der Waals surface area (Å²) in [6, 6.07) is 88.7. The van der Waals surface area contributed by atoms with E-state index in [9.17, 15) is 0 Å². The van der Waals surface area contributed by atoms with Crippen LogP contribution in [0.1, 0.15) is 0 Å². The second-order valence-electron chi connectivity index (χ2n) is 19.5. The molecule has 0 aliphatic carbocycles. The minimum absolute atomic E-state index is 0.672. The first kappa shape index (κ1) is 43.4. The van der Waals surface area contributed by atoms with Crippen LogP contribution >= 0.6 is 0 Å². The van der Waals surface area contributed by atoms with Gasteiger partial charge in [-0.3, -0.25) is 0 Å². The zero-order valence-corrected chi connectivity index (χ0v) is 41.1. The van der Waals surface area contributed by atoms with Gasteiger partial charge in [0.1, 0.15) is 0 Å². The van der Waals surface area contributed by atoms with Gasteiger partial charge in [-0.2, -0.15) is 0 Å². The quantitative estimate of drug-likeness (QED) is 0.149. The SMILES string of the molecule is c1ccc(-c2ccnc(-c3ccc4c5ccc(-c6nccc(-c7ccccc7)n6)cc5c5cc(-c6ccc7c(-c8ccccc8)ccc(-c8ccc9c%10ccccc%10c%10ccccc%10c9c8)c7n6)ccc5c4c3)n2)cc1. The molecule has 0 unspecified atom stereocenters. The van der Waals surface area contributed by atoms with Crippen LogP contribution in [0.2, 0.25) is 0 Å². The van der Waals surface area contributed by atoms with E-state index in [0.29, 0.717) is 11.6 Å². The van der Waals surface area contributed by atoms with E-state index in [1.165, 1.54) is 32.3 Å². The van der Waals surface area contributed by atoms with Gasteiger partial charge in [-0.1, -0.05) is 200 Å². The molecular weight excluding hydrogens is 923 g/mol. The highest BCUT2D eigenvalue weighted by molar-refractivity contribution is 6.28. The maximum absolute atomic E-state index is 5.70. The van der Waals surface area contributed by atoms with Gasteiger partial charge in [0.05, 0.1) is 22.6 Å². The van der Waals surface area contributed by atoms with Crippen LogP contribution in [0.5, 0.6) is 0 Å². The largest absolute Gasteiger partial charge is 0.247 e. The summed E-state index contributed by atoms with van der Waals surface area (Å²) in [4.78, 5) is 25.5. The average molecular weight is 966 g/mol. The van der Waals surface area contributed by atoms with Crippen molar-refractivity contribution in [1.82, 2.24) is 24.9 Å². The fourth-order valence-corrected chi connectivity index (χ4v) is 11.5. The van der Waals surface area contributed by atoms with Gasteiger partial charge >= 0.3 is 0 Å². The number of nitrogens with zero attached hydrogens (tertiary/aromatic N) is 5. The molecule has 5 nitrogen and oxygen atoms in total. The van der Waals surface area contributed by atoms with E-state index in [0.717, 1.165) is 110 Å². The molecule has 352 valence electrons. The Bertz CT molecular complexity index is 4770. The molecule has 0 amide bonds. The number of fused-ring (bicyclic) bond motifs is 13. The number of rotatable bonds is 7. The Kier molecular flexibility index (Phi) is 10.1. The predicted molar refractivity (Wildman–Crippen MR) is 316 cm³/mol. The van der Waals surface area contributed by atoms with E-state index in [1.54, 1.807) is 0 Å². The maximum atomic E-state index is 5.70. The topological polar surface area (TPSA) is 64.5 Å². The number of pyridine rings is 1. The van der Waals surface area contributed by atoms with E-state index in [1.807, 2.05) is 60.9 Å². The van der Waals surface area contributed by atoms with Gasteiger partial charge in [0.2, 0.25) is 0 Å². The normalized spacial score (nSPS) is 11.7. The second-order valence-corrected chi connectivity index (χ2v) is 19.5. The highest BCUT2D eigenvalue weighted by Gasteiger charge is 2.19. The Morgan fingerprint density at radius 1 is 0.197 bits per heavy atom. The van der Waals surface area contributed by atoms with Gasteiger partial charge in [0.15, 0.2) is 11.6 Å². The molecule has 0 aliphatic rings. The van der Waals surface area contributed by atoms with Crippen LogP contribution in [0.4, 0.5) is 0 Å². The molecule has 0 saturated carbocycles. The van der Waals surface area contributed by atoms with Crippen molar-refractivity contribution in [3.8, 4) is 78.8 Å². The summed E-state index contributed by atoms with van der Waals surface area (Å²) in [6.45, 7) is 0. The summed E-state index contributed by atoms with van der Waals surface area (Å²) in [7, 11) is 0. The van der Waals surface area contributed by atoms with Crippen LogP contribution in [0, 0.1) is 0 Å². The Labute approximate surface area is 438 Å². The second kappa shape index (κ2) is 17.8. The third-order valence-electron chi connectivity index (χ3n) is 15.2. The van der Waals surface area contributed by atoms with Gasteiger partial charge in [-0.25, -0.2) is 24.9 Å². The molecule has 5 heteroatoms. The lowest BCUT2D eigenvalue weighted by atomic mass is 9.90. The van der Waals surface area contributed by atoms with Crippen molar-refractivity contribution in [3.05, 3.63) is 261 Å². The van der Waals surface area contributed by atoms with E-state index in [-0.39, 0.29) is 0 Å². The van der Waals surface area contributed by atoms with Gasteiger partial charge in [0, 0.05) is 51.2 Å². The third kappa shape index (κ3) is 7.28. The van der Waals surface area contributed by atoms with Crippen LogP contribution in [0.25, 0.3) is 154 Å². The van der Waals surface area contributed by atoms with Crippen molar-refractivity contribution >= 4 is 75.5 Å². The first-order chi connectivity index (χ1) is 37.7. The number of hydrogen-bond acceptors (Lipinski definition) is 5. The van der Waals surface area contributed by atoms with E-state index in [4.69, 9.17) is 24.9 Å². The summed E-state index contributed by atoms with van der Waals surface area (Å²) < 4.78 is 0. The first-order valence-corrected chi connectivity index (χ1v) is 25.7. The lowest BCUT2D eigenvalue weighted by Crippen LogP contribution is -1.94. The lowest BCUT2D eigenvalue weighted by molar-refractivity contribution is 1.18. The van der Waals surface area contributed by atoms with Crippen LogP contribution in [0.15, 0.2) is 261 Å². The van der Waals surface area contributed by atoms with E-state index < -0.39 is 0 Å². The fourth-order valence-electron chi connectivity index (χ4n) is 11.5. The number of hydrogen-bond donors (Lipinski definition) is 0. The molecular formula is C71H43N5. The molecule has 0 fully saturated rings. The molecule has 0 radical (unpaired) electrons. The van der Waals surface area contributed by atoms with Crippen LogP contribution in [-0.4, -0.2) is 24.9 Å². The fraction of sp³-hybridized carbons (Fsp3) is 0. The minimum Gasteiger partial charge on any atom is -0.247 e. The molecule has 0 atom stereocenters. The molecule has 12 aromatic carbocycles. The smallest absolute Gasteiger partial charge is 0.159 e. The Balaban J connectivity index is 0.942. The molecule has 0 saturated heterocycles. The minimum atomic E-state index is 0.672. The van der Waals surface area contributed by atoms with Crippen molar-refractivity contribution in [2.75, 3.05) is 0 Å². The van der Waals surface area contributed by atoms with Gasteiger partial charge < -0.3 is 0 Å². The Hall–Kier alpha value is -10.2. The van der Waals surface area contributed by atoms with E-state index in [2.05, 4.69) is 200 Å². The van der Waals surface area contributed by atoms with Crippen LogP contribution < -0.4 is 0 Å². The zero-order valence-electron chi connectivity index (χ0n) is 41.1. The molecule has 15 aromatic rings. The molecule has 0 aliphatic heterocycles. The van der Waals surface area contributed by atoms with Crippen molar-refractivity contribution < 1.29 is 0 Å². The van der Waals surface area contributed by atoms with Crippen LogP contribution in [0.3, 0.4) is 0 Å². The van der Waals surface area contributed by atoms with Crippen molar-refractivity contribution in [3.63, 3.8) is 0 Å². The third-order valence-corrected chi connectivity index (χ3v) is 15.2. The molecule has 15 rings (SSSR count). The predicted octanol–water partition coefficient (Wildman–Crippen LogP) is 18.4. The number of benzene rings is 12. The standard InChI is InChI=1S/C71H43N5/c1-4-14-44(15-5-1)51-32-33-52(47-24-28-57-55-22-11-10-20-53(55)54-21-12-13-23-56(54)62(57)40-47)69-61(51)34-35-66(74-69)48-25-29-60-63-42-49(70-72-38-36-67(75-70)45-16-6-2-7-17-45)26-30-58(63)59-31-27-50(43-65(59)64(60)41-48)71-73-39-37-68(76-71)46-18-8-3-9-19-46/h1-43H.